The molecule has 0 spiro atoms. The Morgan fingerprint density at radius 2 is 2.23 bits per heavy atom. The van der Waals surface area contributed by atoms with Crippen LogP contribution in [0.15, 0.2) is 12.4 Å². The number of esters is 1. The number of carbonyl (C=O) groups excluding carboxylic acids is 1. The lowest BCUT2D eigenvalue weighted by Crippen LogP contribution is -2.36. The van der Waals surface area contributed by atoms with Crippen molar-refractivity contribution < 1.29 is 14.3 Å². The van der Waals surface area contributed by atoms with Crippen molar-refractivity contribution in [1.29, 1.82) is 0 Å². The van der Waals surface area contributed by atoms with Gasteiger partial charge in [0.05, 0.1) is 26.0 Å². The topological polar surface area (TPSA) is 69.5 Å². The molecule has 7 nitrogen and oxygen atoms in total. The zero-order valence-corrected chi connectivity index (χ0v) is 13.4. The highest BCUT2D eigenvalue weighted by atomic mass is 32.1. The first-order valence-electron chi connectivity index (χ1n) is 7.18. The number of ether oxygens (including phenoxy) is 2. The van der Waals surface area contributed by atoms with Crippen LogP contribution in [-0.4, -0.2) is 53.6 Å². The minimum absolute atomic E-state index is 0.334. The van der Waals surface area contributed by atoms with Gasteiger partial charge < -0.3 is 14.4 Å². The van der Waals surface area contributed by atoms with Gasteiger partial charge in [-0.25, -0.2) is 9.78 Å². The van der Waals surface area contributed by atoms with Crippen molar-refractivity contribution in [2.45, 2.75) is 6.92 Å². The standard InChI is InChI=1S/C14H18N4O3S/c1-3-21-14(19)11-13(18-4-6-20-7-5-18)22-12(16-11)10-8-15-17(2)9-10/h8-9H,3-7H2,1-2H3. The Balaban J connectivity index is 1.97. The molecule has 0 radical (unpaired) electrons. The molecule has 0 amide bonds. The molecule has 0 saturated carbocycles. The minimum Gasteiger partial charge on any atom is -0.461 e. The Morgan fingerprint density at radius 1 is 1.45 bits per heavy atom. The van der Waals surface area contributed by atoms with Gasteiger partial charge in [0.15, 0.2) is 5.69 Å². The van der Waals surface area contributed by atoms with Gasteiger partial charge >= 0.3 is 5.97 Å². The third kappa shape index (κ3) is 2.97. The molecule has 1 saturated heterocycles. The molecule has 3 heterocycles. The van der Waals surface area contributed by atoms with Crippen LogP contribution in [-0.2, 0) is 16.5 Å². The number of carbonyl (C=O) groups is 1. The molecular formula is C14H18N4O3S. The smallest absolute Gasteiger partial charge is 0.360 e. The van der Waals surface area contributed by atoms with Crippen LogP contribution in [0.25, 0.3) is 10.6 Å². The maximum Gasteiger partial charge on any atom is 0.360 e. The molecule has 0 N–H and O–H groups in total. The molecule has 0 aliphatic carbocycles. The Hall–Kier alpha value is -1.93. The average molecular weight is 322 g/mol. The summed E-state index contributed by atoms with van der Waals surface area (Å²) in [4.78, 5) is 18.8. The molecule has 2 aromatic heterocycles. The summed E-state index contributed by atoms with van der Waals surface area (Å²) in [7, 11) is 1.85. The van der Waals surface area contributed by atoms with Crippen molar-refractivity contribution in [3.8, 4) is 10.6 Å². The summed E-state index contributed by atoms with van der Waals surface area (Å²) < 4.78 is 12.2. The fourth-order valence-electron chi connectivity index (χ4n) is 2.28. The summed E-state index contributed by atoms with van der Waals surface area (Å²) >= 11 is 1.49. The third-order valence-electron chi connectivity index (χ3n) is 3.33. The maximum absolute atomic E-state index is 12.2. The first-order valence-corrected chi connectivity index (χ1v) is 8.00. The van der Waals surface area contributed by atoms with E-state index in [0.29, 0.717) is 25.5 Å². The zero-order chi connectivity index (χ0) is 15.5. The van der Waals surface area contributed by atoms with Crippen LogP contribution >= 0.6 is 11.3 Å². The highest BCUT2D eigenvalue weighted by Gasteiger charge is 2.25. The van der Waals surface area contributed by atoms with Crippen LogP contribution in [0, 0.1) is 0 Å². The lowest BCUT2D eigenvalue weighted by molar-refractivity contribution is 0.0520. The summed E-state index contributed by atoms with van der Waals surface area (Å²) in [5.41, 5.74) is 1.28. The second kappa shape index (κ2) is 6.45. The van der Waals surface area contributed by atoms with E-state index in [2.05, 4.69) is 15.0 Å². The normalized spacial score (nSPS) is 15.1. The predicted octanol–water partition coefficient (Wildman–Crippen LogP) is 1.56. The van der Waals surface area contributed by atoms with Crippen molar-refractivity contribution in [2.75, 3.05) is 37.8 Å². The molecule has 0 atom stereocenters. The van der Waals surface area contributed by atoms with Crippen LogP contribution in [0.1, 0.15) is 17.4 Å². The van der Waals surface area contributed by atoms with Gasteiger partial charge in [-0.2, -0.15) is 5.10 Å². The van der Waals surface area contributed by atoms with Gasteiger partial charge in [-0.05, 0) is 6.92 Å². The van der Waals surface area contributed by atoms with E-state index in [1.54, 1.807) is 17.8 Å². The fraction of sp³-hybridized carbons (Fsp3) is 0.500. The minimum atomic E-state index is -0.379. The second-order valence-electron chi connectivity index (χ2n) is 4.90. The summed E-state index contributed by atoms with van der Waals surface area (Å²) in [6, 6.07) is 0. The molecule has 0 unspecified atom stereocenters. The molecule has 1 aliphatic rings. The molecule has 3 rings (SSSR count). The molecule has 22 heavy (non-hydrogen) atoms. The van der Waals surface area contributed by atoms with Crippen LogP contribution in [0.4, 0.5) is 5.00 Å². The lowest BCUT2D eigenvalue weighted by atomic mass is 10.3. The molecule has 1 aliphatic heterocycles. The van der Waals surface area contributed by atoms with E-state index < -0.39 is 0 Å². The number of hydrogen-bond acceptors (Lipinski definition) is 7. The summed E-state index contributed by atoms with van der Waals surface area (Å²) in [5.74, 6) is -0.379. The Labute approximate surface area is 132 Å². The van der Waals surface area contributed by atoms with Gasteiger partial charge in [0.2, 0.25) is 0 Å². The number of morpholine rings is 1. The van der Waals surface area contributed by atoms with E-state index in [0.717, 1.165) is 28.7 Å². The lowest BCUT2D eigenvalue weighted by Gasteiger charge is -2.27. The van der Waals surface area contributed by atoms with Crippen molar-refractivity contribution in [3.63, 3.8) is 0 Å². The SMILES string of the molecule is CCOC(=O)c1nc(-c2cnn(C)c2)sc1N1CCOCC1. The van der Waals surface area contributed by atoms with Crippen LogP contribution in [0.2, 0.25) is 0 Å². The summed E-state index contributed by atoms with van der Waals surface area (Å²) in [6.45, 7) is 4.94. The summed E-state index contributed by atoms with van der Waals surface area (Å²) in [5, 5.41) is 5.78. The van der Waals surface area contributed by atoms with Crippen LogP contribution in [0.3, 0.4) is 0 Å². The van der Waals surface area contributed by atoms with Gasteiger partial charge in [0.1, 0.15) is 10.0 Å². The fourth-order valence-corrected chi connectivity index (χ4v) is 3.36. The molecule has 8 heteroatoms. The largest absolute Gasteiger partial charge is 0.461 e. The maximum atomic E-state index is 12.2. The van der Waals surface area contributed by atoms with E-state index in [1.165, 1.54) is 11.3 Å². The van der Waals surface area contributed by atoms with Crippen molar-refractivity contribution in [1.82, 2.24) is 14.8 Å². The Kier molecular flexibility index (Phi) is 4.39. The van der Waals surface area contributed by atoms with Crippen molar-refractivity contribution in [3.05, 3.63) is 18.1 Å². The van der Waals surface area contributed by atoms with E-state index >= 15 is 0 Å². The summed E-state index contributed by atoms with van der Waals surface area (Å²) in [6.07, 6.45) is 3.63. The quantitative estimate of drug-likeness (QED) is 0.796. The van der Waals surface area contributed by atoms with E-state index in [1.807, 2.05) is 13.2 Å². The number of aromatic nitrogens is 3. The Morgan fingerprint density at radius 3 is 2.86 bits per heavy atom. The van der Waals surface area contributed by atoms with Gasteiger partial charge in [-0.1, -0.05) is 11.3 Å². The number of anilines is 1. The average Bonchev–Trinajstić information content (AvgIpc) is 3.14. The molecule has 0 aromatic carbocycles. The molecule has 2 aromatic rings. The van der Waals surface area contributed by atoms with Crippen LogP contribution < -0.4 is 4.90 Å². The van der Waals surface area contributed by atoms with Gasteiger partial charge in [0.25, 0.3) is 0 Å². The Bertz CT molecular complexity index is 661. The first kappa shape index (κ1) is 15.0. The van der Waals surface area contributed by atoms with Crippen molar-refractivity contribution >= 4 is 22.3 Å². The molecular weight excluding hydrogens is 304 g/mol. The predicted molar refractivity (Wildman–Crippen MR) is 83.3 cm³/mol. The highest BCUT2D eigenvalue weighted by molar-refractivity contribution is 7.19. The third-order valence-corrected chi connectivity index (χ3v) is 4.49. The monoisotopic (exact) mass is 322 g/mol. The molecule has 118 valence electrons. The van der Waals surface area contributed by atoms with Gasteiger partial charge in [-0.3, -0.25) is 4.68 Å². The number of thiazole rings is 1. The zero-order valence-electron chi connectivity index (χ0n) is 12.6. The first-order chi connectivity index (χ1) is 10.7. The number of nitrogens with zero attached hydrogens (tertiary/aromatic N) is 4. The van der Waals surface area contributed by atoms with E-state index in [9.17, 15) is 4.79 Å². The molecule has 0 bridgehead atoms. The number of rotatable bonds is 4. The van der Waals surface area contributed by atoms with E-state index in [4.69, 9.17) is 9.47 Å². The van der Waals surface area contributed by atoms with Crippen LogP contribution in [0.5, 0.6) is 0 Å². The number of hydrogen-bond donors (Lipinski definition) is 0. The van der Waals surface area contributed by atoms with Crippen molar-refractivity contribution in [2.24, 2.45) is 7.05 Å². The van der Waals surface area contributed by atoms with Gasteiger partial charge in [-0.15, -0.1) is 0 Å². The number of aryl methyl sites for hydroxylation is 1. The highest BCUT2D eigenvalue weighted by Crippen LogP contribution is 2.35. The van der Waals surface area contributed by atoms with E-state index in [-0.39, 0.29) is 5.97 Å². The molecule has 1 fully saturated rings. The van der Waals surface area contributed by atoms with Gasteiger partial charge in [0, 0.05) is 31.9 Å². The second-order valence-corrected chi connectivity index (χ2v) is 5.87.